The average Bonchev–Trinajstić information content (AvgIpc) is 3.70. The van der Waals surface area contributed by atoms with Gasteiger partial charge in [-0.05, 0) is 60.5 Å². The number of phenolic OH excluding ortho intramolecular Hbond substituents is 1. The number of imidazole rings is 1. The Morgan fingerprint density at radius 2 is 1.95 bits per heavy atom. The summed E-state index contributed by atoms with van der Waals surface area (Å²) in [6.45, 7) is 1.18. The smallest absolute Gasteiger partial charge is 0.292 e. The Morgan fingerprint density at radius 1 is 1.07 bits per heavy atom. The van der Waals surface area contributed by atoms with Crippen LogP contribution in [-0.4, -0.2) is 38.0 Å². The van der Waals surface area contributed by atoms with Crippen molar-refractivity contribution in [1.29, 1.82) is 5.26 Å². The third-order valence-electron chi connectivity index (χ3n) is 6.22. The van der Waals surface area contributed by atoms with Crippen molar-refractivity contribution in [3.05, 3.63) is 108 Å². The Balaban J connectivity index is 1.49. The van der Waals surface area contributed by atoms with Gasteiger partial charge in [0, 0.05) is 47.2 Å². The average molecular weight is 567 g/mol. The van der Waals surface area contributed by atoms with E-state index < -0.39 is 5.91 Å². The summed E-state index contributed by atoms with van der Waals surface area (Å²) in [4.78, 5) is 34.2. The topological polar surface area (TPSA) is 146 Å². The summed E-state index contributed by atoms with van der Waals surface area (Å²) >= 11 is 6.02. The first-order valence-corrected chi connectivity index (χ1v) is 12.9. The maximum atomic E-state index is 12.9. The van der Waals surface area contributed by atoms with Crippen LogP contribution in [0.1, 0.15) is 32.9 Å². The van der Waals surface area contributed by atoms with Crippen LogP contribution in [0.25, 0.3) is 22.4 Å². The van der Waals surface area contributed by atoms with Crippen LogP contribution in [0.2, 0.25) is 5.02 Å². The standard InChI is InChI=1S/C30H23ClN6O4/c31-21-7-8-22(26(38)15-21)25-16-23(24(17-32)28(35-25)36-30(40)27-6-2-13-41-27)19-4-1-5-20(14-19)29(39)34-9-3-11-37-12-10-33-18-37/h1-2,4-8,10,12-16,18,38H,3,9,11H2,(H,34,39)(H,35,36,40). The van der Waals surface area contributed by atoms with E-state index in [1.165, 1.54) is 18.4 Å². The number of nitrogens with one attached hydrogen (secondary N) is 2. The van der Waals surface area contributed by atoms with Gasteiger partial charge in [-0.2, -0.15) is 5.26 Å². The predicted molar refractivity (Wildman–Crippen MR) is 152 cm³/mol. The minimum Gasteiger partial charge on any atom is -0.507 e. The number of aryl methyl sites for hydroxylation is 1. The second kappa shape index (κ2) is 12.2. The van der Waals surface area contributed by atoms with Gasteiger partial charge >= 0.3 is 0 Å². The fourth-order valence-electron chi connectivity index (χ4n) is 4.23. The number of rotatable bonds is 9. The van der Waals surface area contributed by atoms with Gasteiger partial charge in [0.25, 0.3) is 11.8 Å². The van der Waals surface area contributed by atoms with Gasteiger partial charge in [0.05, 0.1) is 18.3 Å². The van der Waals surface area contributed by atoms with Crippen LogP contribution in [0.5, 0.6) is 5.75 Å². The van der Waals surface area contributed by atoms with Crippen LogP contribution < -0.4 is 10.6 Å². The summed E-state index contributed by atoms with van der Waals surface area (Å²) in [5.41, 5.74) is 2.01. The Bertz CT molecular complexity index is 1740. The lowest BCUT2D eigenvalue weighted by Gasteiger charge is -2.14. The lowest BCUT2D eigenvalue weighted by atomic mass is 9.96. The zero-order valence-electron chi connectivity index (χ0n) is 21.5. The Hall–Kier alpha value is -5.40. The number of halogens is 1. The molecule has 0 radical (unpaired) electrons. The molecule has 5 aromatic rings. The number of amides is 2. The molecule has 0 unspecified atom stereocenters. The number of hydrogen-bond acceptors (Lipinski definition) is 7. The van der Waals surface area contributed by atoms with Crippen LogP contribution in [0, 0.1) is 11.3 Å². The molecular formula is C30H23ClN6O4. The van der Waals surface area contributed by atoms with Crippen LogP contribution in [0.3, 0.4) is 0 Å². The molecule has 0 aliphatic carbocycles. The van der Waals surface area contributed by atoms with Gasteiger partial charge in [0.15, 0.2) is 11.6 Å². The number of hydrogen-bond donors (Lipinski definition) is 3. The Labute approximate surface area is 239 Å². The van der Waals surface area contributed by atoms with Crippen LogP contribution in [0.4, 0.5) is 5.82 Å². The predicted octanol–water partition coefficient (Wildman–Crippen LogP) is 5.51. The lowest BCUT2D eigenvalue weighted by molar-refractivity contribution is 0.0951. The van der Waals surface area contributed by atoms with E-state index in [0.29, 0.717) is 33.8 Å². The molecule has 3 heterocycles. The third kappa shape index (κ3) is 6.27. The minimum atomic E-state index is -0.605. The van der Waals surface area contributed by atoms with Crippen molar-refractivity contribution >= 4 is 29.2 Å². The maximum Gasteiger partial charge on any atom is 0.292 e. The molecule has 3 N–H and O–H groups in total. The number of phenols is 1. The number of benzene rings is 2. The van der Waals surface area contributed by atoms with E-state index in [9.17, 15) is 20.0 Å². The molecule has 0 saturated carbocycles. The summed E-state index contributed by atoms with van der Waals surface area (Å²) in [6, 6.07) is 18.1. The summed E-state index contributed by atoms with van der Waals surface area (Å²) in [5.74, 6) is -1.01. The molecule has 2 aromatic carbocycles. The van der Waals surface area contributed by atoms with Crippen molar-refractivity contribution in [2.75, 3.05) is 11.9 Å². The molecule has 11 heteroatoms. The molecule has 2 amide bonds. The second-order valence-electron chi connectivity index (χ2n) is 8.97. The highest BCUT2D eigenvalue weighted by atomic mass is 35.5. The van der Waals surface area contributed by atoms with Gasteiger partial charge in [0.1, 0.15) is 17.4 Å². The molecule has 0 aliphatic heterocycles. The molecular weight excluding hydrogens is 544 g/mol. The number of nitriles is 1. The zero-order chi connectivity index (χ0) is 28.8. The van der Waals surface area contributed by atoms with Gasteiger partial charge in [-0.1, -0.05) is 23.7 Å². The van der Waals surface area contributed by atoms with E-state index in [-0.39, 0.29) is 34.5 Å². The molecule has 0 fully saturated rings. The first kappa shape index (κ1) is 27.2. The molecule has 0 atom stereocenters. The van der Waals surface area contributed by atoms with E-state index >= 15 is 0 Å². The number of anilines is 1. The maximum absolute atomic E-state index is 12.9. The highest BCUT2D eigenvalue weighted by Crippen LogP contribution is 2.37. The molecule has 3 aromatic heterocycles. The van der Waals surface area contributed by atoms with Crippen LogP contribution in [-0.2, 0) is 6.54 Å². The lowest BCUT2D eigenvalue weighted by Crippen LogP contribution is -2.25. The number of furan rings is 1. The molecule has 204 valence electrons. The Morgan fingerprint density at radius 3 is 2.68 bits per heavy atom. The van der Waals surface area contributed by atoms with Crippen LogP contribution in [0.15, 0.2) is 90.1 Å². The van der Waals surface area contributed by atoms with E-state index in [1.54, 1.807) is 61.1 Å². The van der Waals surface area contributed by atoms with E-state index in [4.69, 9.17) is 16.0 Å². The number of carbonyl (C=O) groups excluding carboxylic acids is 2. The number of aromatic hydroxyl groups is 1. The first-order chi connectivity index (χ1) is 19.9. The quantitative estimate of drug-likeness (QED) is 0.199. The molecule has 5 rings (SSSR count). The SMILES string of the molecule is N#Cc1c(-c2cccc(C(=O)NCCCn3ccnc3)c2)cc(-c2ccc(Cl)cc2O)nc1NC(=O)c1ccco1. The van der Waals surface area contributed by atoms with Gasteiger partial charge in [-0.25, -0.2) is 9.97 Å². The van der Waals surface area contributed by atoms with Crippen molar-refractivity contribution < 1.29 is 19.1 Å². The molecule has 10 nitrogen and oxygen atoms in total. The number of aromatic nitrogens is 3. The van der Waals surface area contributed by atoms with Crippen LogP contribution >= 0.6 is 11.6 Å². The summed E-state index contributed by atoms with van der Waals surface area (Å²) in [7, 11) is 0. The largest absolute Gasteiger partial charge is 0.507 e. The highest BCUT2D eigenvalue weighted by molar-refractivity contribution is 6.30. The summed E-state index contributed by atoms with van der Waals surface area (Å²) in [5, 5.41) is 26.6. The summed E-state index contributed by atoms with van der Waals surface area (Å²) in [6.07, 6.45) is 7.35. The van der Waals surface area contributed by atoms with Gasteiger partial charge in [-0.3, -0.25) is 9.59 Å². The van der Waals surface area contributed by atoms with Crippen molar-refractivity contribution in [3.63, 3.8) is 0 Å². The first-order valence-electron chi connectivity index (χ1n) is 12.6. The molecule has 0 saturated heterocycles. The molecule has 0 spiro atoms. The van der Waals surface area contributed by atoms with Gasteiger partial charge < -0.3 is 24.7 Å². The number of pyridine rings is 1. The molecule has 0 bridgehead atoms. The van der Waals surface area contributed by atoms with Gasteiger partial charge in [-0.15, -0.1) is 0 Å². The number of carbonyl (C=O) groups is 2. The minimum absolute atomic E-state index is 0.0312. The van der Waals surface area contributed by atoms with Crippen molar-refractivity contribution in [2.24, 2.45) is 0 Å². The third-order valence-corrected chi connectivity index (χ3v) is 6.45. The molecule has 0 aliphatic rings. The fourth-order valence-corrected chi connectivity index (χ4v) is 4.39. The summed E-state index contributed by atoms with van der Waals surface area (Å²) < 4.78 is 7.11. The molecule has 41 heavy (non-hydrogen) atoms. The van der Waals surface area contributed by atoms with Crippen molar-refractivity contribution in [2.45, 2.75) is 13.0 Å². The normalized spacial score (nSPS) is 10.6. The van der Waals surface area contributed by atoms with E-state index in [2.05, 4.69) is 26.7 Å². The van der Waals surface area contributed by atoms with Crippen molar-refractivity contribution in [1.82, 2.24) is 19.9 Å². The van der Waals surface area contributed by atoms with E-state index in [1.807, 2.05) is 10.8 Å². The highest BCUT2D eigenvalue weighted by Gasteiger charge is 2.21. The number of nitrogens with zero attached hydrogens (tertiary/aromatic N) is 4. The fraction of sp³-hybridized carbons (Fsp3) is 0.100. The monoisotopic (exact) mass is 566 g/mol. The van der Waals surface area contributed by atoms with Crippen molar-refractivity contribution in [3.8, 4) is 34.2 Å². The zero-order valence-corrected chi connectivity index (χ0v) is 22.3. The second-order valence-corrected chi connectivity index (χ2v) is 9.41. The Kier molecular flexibility index (Phi) is 8.08. The van der Waals surface area contributed by atoms with Gasteiger partial charge in [0.2, 0.25) is 0 Å². The van der Waals surface area contributed by atoms with E-state index in [0.717, 1.165) is 13.0 Å².